The number of hydrogen-bond donors (Lipinski definition) is 1. The summed E-state index contributed by atoms with van der Waals surface area (Å²) in [6.45, 7) is 6.82. The normalized spacial score (nSPS) is 11.8. The first kappa shape index (κ1) is 9.92. The van der Waals surface area contributed by atoms with E-state index in [4.69, 9.17) is 10.2 Å². The highest BCUT2D eigenvalue weighted by Gasteiger charge is 2.28. The number of hydrogen-bond acceptors (Lipinski definition) is 4. The minimum absolute atomic E-state index is 0.0995. The zero-order chi connectivity index (χ0) is 10.2. The second-order valence-corrected chi connectivity index (χ2v) is 3.71. The van der Waals surface area contributed by atoms with E-state index < -0.39 is 5.54 Å². The number of ketones is 1. The second kappa shape index (κ2) is 2.96. The molecule has 0 spiro atoms. The quantitative estimate of drug-likeness (QED) is 0.698. The molecule has 0 fully saturated rings. The third-order valence-corrected chi connectivity index (χ3v) is 1.81. The average molecular weight is 182 g/mol. The first-order chi connectivity index (χ1) is 5.82. The van der Waals surface area contributed by atoms with Gasteiger partial charge in [-0.1, -0.05) is 0 Å². The van der Waals surface area contributed by atoms with Gasteiger partial charge in [-0.15, -0.1) is 0 Å². The van der Waals surface area contributed by atoms with Crippen LogP contribution in [0.5, 0.6) is 0 Å². The molecule has 0 aliphatic heterocycles. The number of Topliss-reactive ketones (excluding diaryl/α,β-unsaturated/α-hetero) is 1. The third-order valence-electron chi connectivity index (χ3n) is 1.81. The molecular formula is C9H14N2O2. The molecule has 0 atom stereocenters. The largest absolute Gasteiger partial charge is 0.439 e. The Balaban J connectivity index is 3.03. The van der Waals surface area contributed by atoms with Crippen molar-refractivity contribution in [2.75, 3.05) is 0 Å². The number of carbonyl (C=O) groups is 1. The zero-order valence-electron chi connectivity index (χ0n) is 8.34. The molecule has 1 rings (SSSR count). The van der Waals surface area contributed by atoms with E-state index in [-0.39, 0.29) is 11.7 Å². The van der Waals surface area contributed by atoms with Crippen molar-refractivity contribution in [1.82, 2.24) is 4.98 Å². The summed E-state index contributed by atoms with van der Waals surface area (Å²) >= 11 is 0. The average Bonchev–Trinajstić information content (AvgIpc) is 2.29. The minimum atomic E-state index is -0.927. The Hall–Kier alpha value is -1.16. The van der Waals surface area contributed by atoms with Crippen LogP contribution in [0.25, 0.3) is 0 Å². The molecule has 0 radical (unpaired) electrons. The number of carbonyl (C=O) groups excluding carboxylic acids is 1. The Morgan fingerprint density at radius 1 is 1.46 bits per heavy atom. The summed E-state index contributed by atoms with van der Waals surface area (Å²) in [5, 5.41) is 0. The molecule has 0 amide bonds. The van der Waals surface area contributed by atoms with E-state index in [9.17, 15) is 4.79 Å². The van der Waals surface area contributed by atoms with Crippen molar-refractivity contribution in [2.45, 2.75) is 33.2 Å². The maximum absolute atomic E-state index is 11.6. The summed E-state index contributed by atoms with van der Waals surface area (Å²) in [6, 6.07) is 0. The molecule has 13 heavy (non-hydrogen) atoms. The predicted molar refractivity (Wildman–Crippen MR) is 48.6 cm³/mol. The van der Waals surface area contributed by atoms with Gasteiger partial charge in [-0.2, -0.15) is 0 Å². The van der Waals surface area contributed by atoms with Gasteiger partial charge in [0.25, 0.3) is 5.89 Å². The Morgan fingerprint density at radius 2 is 2.00 bits per heavy atom. The lowest BCUT2D eigenvalue weighted by Gasteiger charge is -2.13. The minimum Gasteiger partial charge on any atom is -0.439 e. The van der Waals surface area contributed by atoms with Crippen LogP contribution in [0.2, 0.25) is 0 Å². The molecule has 1 aromatic heterocycles. The van der Waals surface area contributed by atoms with Crippen LogP contribution in [0.1, 0.15) is 36.0 Å². The van der Waals surface area contributed by atoms with Crippen LogP contribution in [-0.4, -0.2) is 16.3 Å². The lowest BCUT2D eigenvalue weighted by molar-refractivity contribution is 0.0876. The summed E-state index contributed by atoms with van der Waals surface area (Å²) in [4.78, 5) is 15.5. The van der Waals surface area contributed by atoms with Gasteiger partial charge in [0.05, 0.1) is 11.2 Å². The van der Waals surface area contributed by atoms with E-state index in [1.54, 1.807) is 27.7 Å². The second-order valence-electron chi connectivity index (χ2n) is 3.71. The van der Waals surface area contributed by atoms with Crippen LogP contribution in [0.3, 0.4) is 0 Å². The molecule has 4 heteroatoms. The fraction of sp³-hybridized carbons (Fsp3) is 0.556. The van der Waals surface area contributed by atoms with Crippen molar-refractivity contribution in [3.05, 3.63) is 17.3 Å². The number of aryl methyl sites for hydroxylation is 2. The maximum atomic E-state index is 11.6. The molecule has 0 unspecified atom stereocenters. The van der Waals surface area contributed by atoms with E-state index >= 15 is 0 Å². The highest BCUT2D eigenvalue weighted by Crippen LogP contribution is 2.13. The van der Waals surface area contributed by atoms with Crippen molar-refractivity contribution in [1.29, 1.82) is 0 Å². The molecule has 4 nitrogen and oxygen atoms in total. The molecule has 0 aromatic carbocycles. The fourth-order valence-electron chi connectivity index (χ4n) is 0.845. The smallest absolute Gasteiger partial charge is 0.265 e. The van der Waals surface area contributed by atoms with Gasteiger partial charge in [-0.25, -0.2) is 4.98 Å². The summed E-state index contributed by atoms with van der Waals surface area (Å²) in [5.74, 6) is 0.485. The van der Waals surface area contributed by atoms with Crippen molar-refractivity contribution < 1.29 is 9.21 Å². The molecule has 0 aliphatic rings. The van der Waals surface area contributed by atoms with E-state index in [1.807, 2.05) is 0 Å². The van der Waals surface area contributed by atoms with Gasteiger partial charge in [-0.05, 0) is 27.7 Å². The van der Waals surface area contributed by atoms with Crippen molar-refractivity contribution in [3.8, 4) is 0 Å². The summed E-state index contributed by atoms with van der Waals surface area (Å²) < 4.78 is 5.16. The zero-order valence-corrected chi connectivity index (χ0v) is 8.34. The van der Waals surface area contributed by atoms with Crippen LogP contribution in [0.4, 0.5) is 0 Å². The standard InChI is InChI=1S/C9H14N2O2/c1-5-6(2)13-8(11-5)7(12)9(3,4)10/h10H2,1-4H3. The first-order valence-electron chi connectivity index (χ1n) is 4.10. The maximum Gasteiger partial charge on any atom is 0.265 e. The van der Waals surface area contributed by atoms with Crippen LogP contribution in [-0.2, 0) is 0 Å². The van der Waals surface area contributed by atoms with Gasteiger partial charge in [0.2, 0.25) is 5.78 Å². The number of aromatic nitrogens is 1. The molecule has 0 bridgehead atoms. The molecule has 72 valence electrons. The number of oxazole rings is 1. The van der Waals surface area contributed by atoms with Crippen LogP contribution in [0, 0.1) is 13.8 Å². The predicted octanol–water partition coefficient (Wildman–Crippen LogP) is 1.21. The van der Waals surface area contributed by atoms with E-state index in [0.717, 1.165) is 5.69 Å². The molecule has 0 saturated heterocycles. The van der Waals surface area contributed by atoms with Crippen LogP contribution >= 0.6 is 0 Å². The molecule has 0 saturated carbocycles. The highest BCUT2D eigenvalue weighted by molar-refractivity contribution is 5.98. The summed E-state index contributed by atoms with van der Waals surface area (Å²) in [7, 11) is 0. The van der Waals surface area contributed by atoms with E-state index in [0.29, 0.717) is 5.76 Å². The molecular weight excluding hydrogens is 168 g/mol. The lowest BCUT2D eigenvalue weighted by atomic mass is 10.0. The van der Waals surface area contributed by atoms with E-state index in [1.165, 1.54) is 0 Å². The lowest BCUT2D eigenvalue weighted by Crippen LogP contribution is -2.41. The number of nitrogens with two attached hydrogens (primary N) is 1. The Morgan fingerprint density at radius 3 is 2.31 bits per heavy atom. The van der Waals surface area contributed by atoms with Crippen molar-refractivity contribution in [2.24, 2.45) is 5.73 Å². The summed E-state index contributed by atoms with van der Waals surface area (Å²) in [6.07, 6.45) is 0. The Labute approximate surface area is 77.1 Å². The van der Waals surface area contributed by atoms with Gasteiger partial charge >= 0.3 is 0 Å². The van der Waals surface area contributed by atoms with Gasteiger partial charge < -0.3 is 10.2 Å². The molecule has 1 aromatic rings. The number of nitrogens with zero attached hydrogens (tertiary/aromatic N) is 1. The van der Waals surface area contributed by atoms with Crippen LogP contribution < -0.4 is 5.73 Å². The molecule has 2 N–H and O–H groups in total. The topological polar surface area (TPSA) is 69.1 Å². The van der Waals surface area contributed by atoms with Gasteiger partial charge in [0, 0.05) is 0 Å². The van der Waals surface area contributed by atoms with Crippen molar-refractivity contribution in [3.63, 3.8) is 0 Å². The Kier molecular flexibility index (Phi) is 2.26. The van der Waals surface area contributed by atoms with Crippen molar-refractivity contribution >= 4 is 5.78 Å². The summed E-state index contributed by atoms with van der Waals surface area (Å²) in [5.41, 5.74) is 5.42. The number of rotatable bonds is 2. The highest BCUT2D eigenvalue weighted by atomic mass is 16.4. The third kappa shape index (κ3) is 1.95. The molecule has 0 aliphatic carbocycles. The van der Waals surface area contributed by atoms with Gasteiger partial charge in [0.1, 0.15) is 5.76 Å². The Bertz CT molecular complexity index is 314. The first-order valence-corrected chi connectivity index (χ1v) is 4.10. The van der Waals surface area contributed by atoms with Gasteiger partial charge in [0.15, 0.2) is 0 Å². The van der Waals surface area contributed by atoms with E-state index in [2.05, 4.69) is 4.98 Å². The molecule has 1 heterocycles. The van der Waals surface area contributed by atoms with Gasteiger partial charge in [-0.3, -0.25) is 4.79 Å². The fourth-order valence-corrected chi connectivity index (χ4v) is 0.845. The van der Waals surface area contributed by atoms with Crippen LogP contribution in [0.15, 0.2) is 4.42 Å². The monoisotopic (exact) mass is 182 g/mol. The SMILES string of the molecule is Cc1nc(C(=O)C(C)(C)N)oc1C.